The third-order valence-electron chi connectivity index (χ3n) is 2.61. The molecule has 1 amide bonds. The van der Waals surface area contributed by atoms with Crippen molar-refractivity contribution in [2.45, 2.75) is 51.3 Å². The van der Waals surface area contributed by atoms with Crippen molar-refractivity contribution in [1.82, 2.24) is 5.32 Å². The number of hydrogen-bond donors (Lipinski definition) is 2. The normalized spacial score (nSPS) is 29.6. The number of amides is 1. The highest BCUT2D eigenvalue weighted by molar-refractivity contribution is 5.81. The summed E-state index contributed by atoms with van der Waals surface area (Å²) < 4.78 is 5.39. The molecule has 3 atom stereocenters. The Bertz CT molecular complexity index is 197. The van der Waals surface area contributed by atoms with Gasteiger partial charge in [-0.1, -0.05) is 6.92 Å². The molecule has 0 spiro atoms. The van der Waals surface area contributed by atoms with Crippen molar-refractivity contribution < 1.29 is 9.53 Å². The summed E-state index contributed by atoms with van der Waals surface area (Å²) in [5.74, 6) is -0.0356. The molecule has 4 heteroatoms. The minimum Gasteiger partial charge on any atom is -0.378 e. The third kappa shape index (κ3) is 3.27. The molecule has 1 aliphatic rings. The Hall–Kier alpha value is -0.610. The van der Waals surface area contributed by atoms with Crippen LogP contribution >= 0.6 is 0 Å². The zero-order valence-corrected chi connectivity index (χ0v) is 8.95. The van der Waals surface area contributed by atoms with E-state index in [4.69, 9.17) is 10.5 Å². The Balaban J connectivity index is 2.32. The average molecular weight is 200 g/mol. The predicted molar refractivity (Wildman–Crippen MR) is 54.8 cm³/mol. The van der Waals surface area contributed by atoms with E-state index in [1.165, 1.54) is 0 Å². The second kappa shape index (κ2) is 5.32. The smallest absolute Gasteiger partial charge is 0.237 e. The number of ether oxygens (including phenoxy) is 1. The maximum absolute atomic E-state index is 11.5. The zero-order valence-electron chi connectivity index (χ0n) is 8.95. The first-order valence-corrected chi connectivity index (χ1v) is 5.31. The first-order chi connectivity index (χ1) is 6.63. The molecule has 0 radical (unpaired) electrons. The van der Waals surface area contributed by atoms with Crippen LogP contribution in [0.4, 0.5) is 0 Å². The molecule has 14 heavy (non-hydrogen) atoms. The van der Waals surface area contributed by atoms with Crippen molar-refractivity contribution >= 4 is 5.91 Å². The lowest BCUT2D eigenvalue weighted by molar-refractivity contribution is -0.124. The number of hydrogen-bond acceptors (Lipinski definition) is 3. The molecule has 0 aliphatic carbocycles. The Morgan fingerprint density at radius 2 is 2.43 bits per heavy atom. The number of carbonyl (C=O) groups is 1. The maximum atomic E-state index is 11.5. The number of nitrogens with two attached hydrogens (primary N) is 1. The van der Waals surface area contributed by atoms with Crippen LogP contribution in [0.3, 0.4) is 0 Å². The van der Waals surface area contributed by atoms with E-state index >= 15 is 0 Å². The molecule has 3 N–H and O–H groups in total. The van der Waals surface area contributed by atoms with E-state index in [2.05, 4.69) is 5.32 Å². The van der Waals surface area contributed by atoms with E-state index in [1.54, 1.807) is 0 Å². The van der Waals surface area contributed by atoms with Crippen LogP contribution in [-0.4, -0.2) is 30.7 Å². The molecule has 1 saturated heterocycles. The van der Waals surface area contributed by atoms with Gasteiger partial charge in [-0.05, 0) is 26.2 Å². The van der Waals surface area contributed by atoms with E-state index < -0.39 is 0 Å². The molecule has 0 aromatic rings. The summed E-state index contributed by atoms with van der Waals surface area (Å²) in [5.41, 5.74) is 5.63. The van der Waals surface area contributed by atoms with Crippen molar-refractivity contribution in [3.05, 3.63) is 0 Å². The maximum Gasteiger partial charge on any atom is 0.237 e. The first kappa shape index (κ1) is 11.5. The molecule has 0 aromatic carbocycles. The SMILES string of the molecule is CC[C@H](N)C(=O)NC1CCOC(C)C1. The molecule has 0 aromatic heterocycles. The summed E-state index contributed by atoms with van der Waals surface area (Å²) in [6.45, 7) is 4.67. The lowest BCUT2D eigenvalue weighted by Crippen LogP contribution is -2.47. The number of carbonyl (C=O) groups excluding carboxylic acids is 1. The Morgan fingerprint density at radius 3 is 3.00 bits per heavy atom. The zero-order chi connectivity index (χ0) is 10.6. The highest BCUT2D eigenvalue weighted by Crippen LogP contribution is 2.13. The molecular formula is C10H20N2O2. The molecule has 82 valence electrons. The van der Waals surface area contributed by atoms with Gasteiger partial charge < -0.3 is 15.8 Å². The van der Waals surface area contributed by atoms with Crippen LogP contribution in [0.15, 0.2) is 0 Å². The fourth-order valence-electron chi connectivity index (χ4n) is 1.62. The molecule has 4 nitrogen and oxygen atoms in total. The molecule has 1 rings (SSSR count). The van der Waals surface area contributed by atoms with Gasteiger partial charge in [0, 0.05) is 12.6 Å². The molecule has 2 unspecified atom stereocenters. The van der Waals surface area contributed by atoms with Gasteiger partial charge in [0.05, 0.1) is 12.1 Å². The van der Waals surface area contributed by atoms with Gasteiger partial charge in [0.2, 0.25) is 5.91 Å². The average Bonchev–Trinajstić information content (AvgIpc) is 2.16. The molecular weight excluding hydrogens is 180 g/mol. The minimum atomic E-state index is -0.367. The summed E-state index contributed by atoms with van der Waals surface area (Å²) >= 11 is 0. The second-order valence-corrected chi connectivity index (χ2v) is 3.93. The van der Waals surface area contributed by atoms with Gasteiger partial charge in [-0.25, -0.2) is 0 Å². The predicted octanol–water partition coefficient (Wildman–Crippen LogP) is 0.407. The van der Waals surface area contributed by atoms with E-state index in [0.29, 0.717) is 6.42 Å². The first-order valence-electron chi connectivity index (χ1n) is 5.31. The summed E-state index contributed by atoms with van der Waals surface area (Å²) in [6.07, 6.45) is 2.71. The van der Waals surface area contributed by atoms with Gasteiger partial charge in [-0.15, -0.1) is 0 Å². The summed E-state index contributed by atoms with van der Waals surface area (Å²) in [6, 6.07) is -0.128. The Kier molecular flexibility index (Phi) is 4.35. The summed E-state index contributed by atoms with van der Waals surface area (Å²) in [7, 11) is 0. The minimum absolute atomic E-state index is 0.0356. The van der Waals surface area contributed by atoms with Gasteiger partial charge in [0.1, 0.15) is 0 Å². The molecule has 1 heterocycles. The number of rotatable bonds is 3. The summed E-state index contributed by atoms with van der Waals surface area (Å²) in [4.78, 5) is 11.5. The van der Waals surface area contributed by atoms with Crippen molar-refractivity contribution in [3.8, 4) is 0 Å². The monoisotopic (exact) mass is 200 g/mol. The van der Waals surface area contributed by atoms with Gasteiger partial charge in [0.25, 0.3) is 0 Å². The Labute approximate surface area is 85.2 Å². The van der Waals surface area contributed by atoms with Crippen LogP contribution in [-0.2, 0) is 9.53 Å². The lowest BCUT2D eigenvalue weighted by atomic mass is 10.0. The van der Waals surface area contributed by atoms with Crippen LogP contribution in [0.25, 0.3) is 0 Å². The quantitative estimate of drug-likeness (QED) is 0.693. The third-order valence-corrected chi connectivity index (χ3v) is 2.61. The van der Waals surface area contributed by atoms with Crippen LogP contribution < -0.4 is 11.1 Å². The van der Waals surface area contributed by atoms with Crippen molar-refractivity contribution in [2.75, 3.05) is 6.61 Å². The van der Waals surface area contributed by atoms with Crippen LogP contribution in [0.5, 0.6) is 0 Å². The van der Waals surface area contributed by atoms with Crippen molar-refractivity contribution in [2.24, 2.45) is 5.73 Å². The number of nitrogens with one attached hydrogen (secondary N) is 1. The molecule has 1 aliphatic heterocycles. The fraction of sp³-hybridized carbons (Fsp3) is 0.900. The van der Waals surface area contributed by atoms with Crippen molar-refractivity contribution in [1.29, 1.82) is 0 Å². The molecule has 0 bridgehead atoms. The van der Waals surface area contributed by atoms with Crippen molar-refractivity contribution in [3.63, 3.8) is 0 Å². The fourth-order valence-corrected chi connectivity index (χ4v) is 1.62. The highest BCUT2D eigenvalue weighted by Gasteiger charge is 2.22. The van der Waals surface area contributed by atoms with Crippen LogP contribution in [0, 0.1) is 0 Å². The van der Waals surface area contributed by atoms with E-state index in [9.17, 15) is 4.79 Å². The van der Waals surface area contributed by atoms with Crippen LogP contribution in [0.1, 0.15) is 33.1 Å². The van der Waals surface area contributed by atoms with Gasteiger partial charge >= 0.3 is 0 Å². The van der Waals surface area contributed by atoms with Gasteiger partial charge in [-0.2, -0.15) is 0 Å². The highest BCUT2D eigenvalue weighted by atomic mass is 16.5. The van der Waals surface area contributed by atoms with Gasteiger partial charge in [-0.3, -0.25) is 4.79 Å². The molecule has 0 saturated carbocycles. The van der Waals surface area contributed by atoms with Crippen LogP contribution in [0.2, 0.25) is 0 Å². The molecule has 1 fully saturated rings. The lowest BCUT2D eigenvalue weighted by Gasteiger charge is -2.28. The van der Waals surface area contributed by atoms with E-state index in [-0.39, 0.29) is 24.1 Å². The largest absolute Gasteiger partial charge is 0.378 e. The standard InChI is InChI=1S/C10H20N2O2/c1-3-9(11)10(13)12-8-4-5-14-7(2)6-8/h7-9H,3-6,11H2,1-2H3,(H,12,13)/t7?,8?,9-/m0/s1. The van der Waals surface area contributed by atoms with E-state index in [0.717, 1.165) is 19.4 Å². The summed E-state index contributed by atoms with van der Waals surface area (Å²) in [5, 5.41) is 2.96. The topological polar surface area (TPSA) is 64.4 Å². The van der Waals surface area contributed by atoms with E-state index in [1.807, 2.05) is 13.8 Å². The second-order valence-electron chi connectivity index (χ2n) is 3.93. The van der Waals surface area contributed by atoms with Gasteiger partial charge in [0.15, 0.2) is 0 Å². The Morgan fingerprint density at radius 1 is 1.71 bits per heavy atom.